The maximum Gasteiger partial charge on any atom is 0.242 e. The van der Waals surface area contributed by atoms with Crippen molar-refractivity contribution in [3.05, 3.63) is 0 Å². The highest BCUT2D eigenvalue weighted by atomic mass is 16.2. The number of piperazine rings is 1. The van der Waals surface area contributed by atoms with Gasteiger partial charge in [-0.2, -0.15) is 5.26 Å². The Morgan fingerprint density at radius 2 is 2.44 bits per heavy atom. The van der Waals surface area contributed by atoms with Crippen LogP contribution < -0.4 is 5.32 Å². The van der Waals surface area contributed by atoms with Crippen LogP contribution in [0.1, 0.15) is 26.7 Å². The highest BCUT2D eigenvalue weighted by Crippen LogP contribution is 2.13. The van der Waals surface area contributed by atoms with E-state index in [1.807, 2.05) is 13.0 Å². The van der Waals surface area contributed by atoms with E-state index in [1.165, 1.54) is 4.90 Å². The van der Waals surface area contributed by atoms with Gasteiger partial charge in [-0.1, -0.05) is 13.3 Å². The first-order chi connectivity index (χ1) is 7.61. The van der Waals surface area contributed by atoms with E-state index in [0.29, 0.717) is 19.5 Å². The maximum atomic E-state index is 12.0. The number of carbonyl (C=O) groups excluding carboxylic acids is 2. The number of hydrogen-bond acceptors (Lipinski definition) is 3. The quantitative estimate of drug-likeness (QED) is 0.746. The summed E-state index contributed by atoms with van der Waals surface area (Å²) in [4.78, 5) is 24.9. The van der Waals surface area contributed by atoms with Crippen LogP contribution in [0.5, 0.6) is 0 Å². The summed E-state index contributed by atoms with van der Waals surface area (Å²) >= 11 is 0. The van der Waals surface area contributed by atoms with E-state index in [4.69, 9.17) is 5.26 Å². The second kappa shape index (κ2) is 5.50. The van der Waals surface area contributed by atoms with Gasteiger partial charge in [-0.15, -0.1) is 0 Å². The van der Waals surface area contributed by atoms with Gasteiger partial charge in [0.05, 0.1) is 6.07 Å². The Morgan fingerprint density at radius 1 is 1.75 bits per heavy atom. The first kappa shape index (κ1) is 12.5. The Balaban J connectivity index is 2.72. The molecule has 88 valence electrons. The van der Waals surface area contributed by atoms with E-state index >= 15 is 0 Å². The summed E-state index contributed by atoms with van der Waals surface area (Å²) < 4.78 is 0. The molecule has 0 aromatic heterocycles. The minimum absolute atomic E-state index is 0.146. The molecule has 0 spiro atoms. The van der Waals surface area contributed by atoms with Crippen LogP contribution in [-0.2, 0) is 9.59 Å². The van der Waals surface area contributed by atoms with Crippen LogP contribution in [0.25, 0.3) is 0 Å². The molecule has 0 bridgehead atoms. The molecule has 1 fully saturated rings. The number of amides is 2. The van der Waals surface area contributed by atoms with Crippen LogP contribution in [-0.4, -0.2) is 35.8 Å². The first-order valence-electron chi connectivity index (χ1n) is 5.59. The zero-order valence-corrected chi connectivity index (χ0v) is 9.69. The van der Waals surface area contributed by atoms with Gasteiger partial charge < -0.3 is 10.2 Å². The van der Waals surface area contributed by atoms with E-state index in [-0.39, 0.29) is 11.8 Å². The van der Waals surface area contributed by atoms with Crippen LogP contribution in [0.4, 0.5) is 0 Å². The molecule has 2 unspecified atom stereocenters. The largest absolute Gasteiger partial charge is 0.353 e. The molecule has 1 rings (SSSR count). The van der Waals surface area contributed by atoms with Gasteiger partial charge in [0.2, 0.25) is 11.8 Å². The number of carbonyl (C=O) groups is 2. The Morgan fingerprint density at radius 3 is 3.00 bits per heavy atom. The van der Waals surface area contributed by atoms with Gasteiger partial charge in [-0.25, -0.2) is 0 Å². The normalized spacial score (nSPS) is 22.2. The van der Waals surface area contributed by atoms with Crippen molar-refractivity contribution in [1.29, 1.82) is 5.26 Å². The Hall–Kier alpha value is -1.57. The summed E-state index contributed by atoms with van der Waals surface area (Å²) in [6.07, 6.45) is 1.35. The molecular formula is C11H17N3O2. The van der Waals surface area contributed by atoms with Crippen molar-refractivity contribution in [3.63, 3.8) is 0 Å². The summed E-state index contributed by atoms with van der Waals surface area (Å²) in [5, 5.41) is 11.6. The second-order valence-electron chi connectivity index (χ2n) is 3.97. The van der Waals surface area contributed by atoms with Gasteiger partial charge in [0, 0.05) is 13.1 Å². The van der Waals surface area contributed by atoms with Gasteiger partial charge in [0.15, 0.2) is 0 Å². The summed E-state index contributed by atoms with van der Waals surface area (Å²) in [5.74, 6) is -0.974. The van der Waals surface area contributed by atoms with Gasteiger partial charge in [0.25, 0.3) is 0 Å². The molecule has 1 aliphatic rings. The molecule has 0 aliphatic carbocycles. The van der Waals surface area contributed by atoms with Crippen molar-refractivity contribution in [1.82, 2.24) is 10.2 Å². The summed E-state index contributed by atoms with van der Waals surface area (Å²) in [5.41, 5.74) is 0. The molecule has 1 N–H and O–H groups in total. The van der Waals surface area contributed by atoms with Gasteiger partial charge in [-0.05, 0) is 13.3 Å². The van der Waals surface area contributed by atoms with E-state index in [2.05, 4.69) is 5.32 Å². The van der Waals surface area contributed by atoms with Crippen LogP contribution in [0, 0.1) is 17.2 Å². The smallest absolute Gasteiger partial charge is 0.242 e. The molecule has 2 atom stereocenters. The monoisotopic (exact) mass is 223 g/mol. The van der Waals surface area contributed by atoms with Crippen molar-refractivity contribution in [2.24, 2.45) is 5.92 Å². The molecule has 0 aromatic rings. The highest BCUT2D eigenvalue weighted by molar-refractivity contribution is 5.90. The van der Waals surface area contributed by atoms with Gasteiger partial charge in [0.1, 0.15) is 12.0 Å². The fraction of sp³-hybridized carbons (Fsp3) is 0.727. The molecule has 1 heterocycles. The molecule has 0 radical (unpaired) electrons. The molecule has 16 heavy (non-hydrogen) atoms. The topological polar surface area (TPSA) is 73.2 Å². The third-order valence-corrected chi connectivity index (χ3v) is 2.81. The molecule has 0 saturated carbocycles. The lowest BCUT2D eigenvalue weighted by Gasteiger charge is -2.33. The Bertz CT molecular complexity index is 322. The zero-order valence-electron chi connectivity index (χ0n) is 9.69. The third kappa shape index (κ3) is 2.51. The van der Waals surface area contributed by atoms with E-state index in [1.54, 1.807) is 6.92 Å². The molecule has 5 nitrogen and oxygen atoms in total. The fourth-order valence-electron chi connectivity index (χ4n) is 1.82. The van der Waals surface area contributed by atoms with Crippen LogP contribution >= 0.6 is 0 Å². The maximum absolute atomic E-state index is 12.0. The summed E-state index contributed by atoms with van der Waals surface area (Å²) in [6.45, 7) is 4.59. The van der Waals surface area contributed by atoms with Gasteiger partial charge in [-0.3, -0.25) is 9.59 Å². The van der Waals surface area contributed by atoms with Crippen LogP contribution in [0.15, 0.2) is 0 Å². The molecule has 0 aromatic carbocycles. The number of nitrogens with zero attached hydrogens (tertiary/aromatic N) is 2. The van der Waals surface area contributed by atoms with Gasteiger partial charge >= 0.3 is 0 Å². The number of rotatable bonds is 3. The van der Waals surface area contributed by atoms with Crippen LogP contribution in [0.3, 0.4) is 0 Å². The zero-order chi connectivity index (χ0) is 12.1. The fourth-order valence-corrected chi connectivity index (χ4v) is 1.82. The molecule has 1 aliphatic heterocycles. The summed E-state index contributed by atoms with van der Waals surface area (Å²) in [7, 11) is 0. The number of nitriles is 1. The average Bonchev–Trinajstić information content (AvgIpc) is 2.29. The lowest BCUT2D eigenvalue weighted by atomic mass is 10.0. The highest BCUT2D eigenvalue weighted by Gasteiger charge is 2.32. The minimum atomic E-state index is -0.613. The predicted molar refractivity (Wildman–Crippen MR) is 58.2 cm³/mol. The van der Waals surface area contributed by atoms with Crippen molar-refractivity contribution in [2.75, 3.05) is 13.1 Å². The summed E-state index contributed by atoms with van der Waals surface area (Å²) in [6, 6.07) is 1.55. The van der Waals surface area contributed by atoms with Crippen molar-refractivity contribution in [3.8, 4) is 6.07 Å². The Labute approximate surface area is 95.4 Å². The predicted octanol–water partition coefficient (Wildman–Crippen LogP) is 0.273. The lowest BCUT2D eigenvalue weighted by Crippen LogP contribution is -2.57. The van der Waals surface area contributed by atoms with E-state index < -0.39 is 12.0 Å². The third-order valence-electron chi connectivity index (χ3n) is 2.81. The standard InChI is InChI=1S/C11H17N3O2/c1-3-4-9(7-12)11(16)14-6-5-13-10(15)8(14)2/h8-9H,3-6H2,1-2H3,(H,13,15). The SMILES string of the molecule is CCCC(C#N)C(=O)N1CCNC(=O)C1C. The van der Waals surface area contributed by atoms with E-state index in [0.717, 1.165) is 6.42 Å². The molecule has 1 saturated heterocycles. The van der Waals surface area contributed by atoms with Crippen LogP contribution in [0.2, 0.25) is 0 Å². The molecule has 5 heteroatoms. The number of hydrogen-bond donors (Lipinski definition) is 1. The minimum Gasteiger partial charge on any atom is -0.353 e. The molecule has 2 amide bonds. The van der Waals surface area contributed by atoms with Crippen molar-refractivity contribution < 1.29 is 9.59 Å². The van der Waals surface area contributed by atoms with E-state index in [9.17, 15) is 9.59 Å². The average molecular weight is 223 g/mol. The Kier molecular flexibility index (Phi) is 4.29. The second-order valence-corrected chi connectivity index (χ2v) is 3.97. The lowest BCUT2D eigenvalue weighted by molar-refractivity contribution is -0.144. The van der Waals surface area contributed by atoms with Crippen molar-refractivity contribution in [2.45, 2.75) is 32.7 Å². The van der Waals surface area contributed by atoms with Crippen molar-refractivity contribution >= 4 is 11.8 Å². The molecular weight excluding hydrogens is 206 g/mol. The first-order valence-corrected chi connectivity index (χ1v) is 5.59. The number of nitrogens with one attached hydrogen (secondary N) is 1.